The van der Waals surface area contributed by atoms with Crippen LogP contribution < -0.4 is 0 Å². The van der Waals surface area contributed by atoms with Gasteiger partial charge in [0.25, 0.3) is 11.8 Å². The SMILES string of the molecule is Cc1nc(C(=O)N2CCN(C(=O)c3ccco3)CC2)c(C)s1. The van der Waals surface area contributed by atoms with Crippen LogP contribution in [0.3, 0.4) is 0 Å². The first-order chi connectivity index (χ1) is 10.6. The van der Waals surface area contributed by atoms with Gasteiger partial charge in [-0.05, 0) is 26.0 Å². The molecule has 7 heteroatoms. The van der Waals surface area contributed by atoms with E-state index in [0.717, 1.165) is 9.88 Å². The van der Waals surface area contributed by atoms with Gasteiger partial charge in [-0.25, -0.2) is 4.98 Å². The zero-order chi connectivity index (χ0) is 15.7. The third-order valence-corrected chi connectivity index (χ3v) is 4.58. The lowest BCUT2D eigenvalue weighted by molar-refractivity contribution is 0.0515. The normalized spacial score (nSPS) is 15.2. The summed E-state index contributed by atoms with van der Waals surface area (Å²) in [5, 5.41) is 0.896. The third kappa shape index (κ3) is 2.76. The zero-order valence-electron chi connectivity index (χ0n) is 12.5. The highest BCUT2D eigenvalue weighted by molar-refractivity contribution is 7.11. The molecule has 2 aromatic rings. The maximum Gasteiger partial charge on any atom is 0.289 e. The molecule has 116 valence electrons. The highest BCUT2D eigenvalue weighted by Gasteiger charge is 2.28. The highest BCUT2D eigenvalue weighted by Crippen LogP contribution is 2.19. The molecule has 0 saturated carbocycles. The molecule has 3 rings (SSSR count). The van der Waals surface area contributed by atoms with E-state index in [0.29, 0.717) is 37.6 Å². The number of hydrogen-bond acceptors (Lipinski definition) is 5. The smallest absolute Gasteiger partial charge is 0.289 e. The minimum Gasteiger partial charge on any atom is -0.459 e. The number of aryl methyl sites for hydroxylation is 2. The summed E-state index contributed by atoms with van der Waals surface area (Å²) in [5.74, 6) is 0.162. The maximum absolute atomic E-state index is 12.5. The van der Waals surface area contributed by atoms with E-state index in [-0.39, 0.29) is 11.8 Å². The van der Waals surface area contributed by atoms with Gasteiger partial charge in [0.2, 0.25) is 0 Å². The largest absolute Gasteiger partial charge is 0.459 e. The van der Waals surface area contributed by atoms with Crippen molar-refractivity contribution in [3.05, 3.63) is 39.7 Å². The Kier molecular flexibility index (Phi) is 3.98. The molecule has 6 nitrogen and oxygen atoms in total. The van der Waals surface area contributed by atoms with Crippen LogP contribution in [0.4, 0.5) is 0 Å². The van der Waals surface area contributed by atoms with Crippen LogP contribution in [-0.2, 0) is 0 Å². The van der Waals surface area contributed by atoms with E-state index >= 15 is 0 Å². The second-order valence-electron chi connectivity index (χ2n) is 5.20. The predicted molar refractivity (Wildman–Crippen MR) is 82.1 cm³/mol. The van der Waals surface area contributed by atoms with E-state index in [4.69, 9.17) is 4.42 Å². The number of thiazole rings is 1. The van der Waals surface area contributed by atoms with Gasteiger partial charge in [-0.1, -0.05) is 0 Å². The van der Waals surface area contributed by atoms with Gasteiger partial charge in [0.1, 0.15) is 5.69 Å². The zero-order valence-corrected chi connectivity index (χ0v) is 13.4. The Bertz CT molecular complexity index is 685. The Labute approximate surface area is 132 Å². The average molecular weight is 319 g/mol. The molecule has 0 spiro atoms. The van der Waals surface area contributed by atoms with Gasteiger partial charge in [-0.15, -0.1) is 11.3 Å². The number of hydrogen-bond donors (Lipinski definition) is 0. The summed E-state index contributed by atoms with van der Waals surface area (Å²) in [6.45, 7) is 5.85. The molecule has 0 unspecified atom stereocenters. The number of amides is 2. The molecule has 0 atom stereocenters. The number of furan rings is 1. The van der Waals surface area contributed by atoms with Crippen LogP contribution in [0, 0.1) is 13.8 Å². The lowest BCUT2D eigenvalue weighted by Crippen LogP contribution is -2.50. The molecule has 0 aromatic carbocycles. The Morgan fingerprint density at radius 1 is 1.14 bits per heavy atom. The number of carbonyl (C=O) groups is 2. The summed E-state index contributed by atoms with van der Waals surface area (Å²) in [4.78, 5) is 33.4. The summed E-state index contributed by atoms with van der Waals surface area (Å²) < 4.78 is 5.13. The maximum atomic E-state index is 12.5. The number of piperazine rings is 1. The van der Waals surface area contributed by atoms with Crippen molar-refractivity contribution in [2.75, 3.05) is 26.2 Å². The predicted octanol–water partition coefficient (Wildman–Crippen LogP) is 1.95. The van der Waals surface area contributed by atoms with Gasteiger partial charge in [0.05, 0.1) is 11.3 Å². The molecule has 1 fully saturated rings. The molecular formula is C15H17N3O3S. The van der Waals surface area contributed by atoms with Gasteiger partial charge >= 0.3 is 0 Å². The summed E-state index contributed by atoms with van der Waals surface area (Å²) >= 11 is 1.53. The van der Waals surface area contributed by atoms with E-state index in [2.05, 4.69) is 4.98 Å². The van der Waals surface area contributed by atoms with Crippen molar-refractivity contribution in [2.45, 2.75) is 13.8 Å². The second kappa shape index (κ2) is 5.92. The van der Waals surface area contributed by atoms with Crippen molar-refractivity contribution in [1.82, 2.24) is 14.8 Å². The third-order valence-electron chi connectivity index (χ3n) is 3.69. The molecule has 0 bridgehead atoms. The molecule has 1 aliphatic heterocycles. The molecular weight excluding hydrogens is 302 g/mol. The van der Waals surface area contributed by atoms with Crippen LogP contribution in [-0.4, -0.2) is 52.8 Å². The standard InChI is InChI=1S/C15H17N3O3S/c1-10-13(16-11(2)22-10)15(20)18-7-5-17(6-8-18)14(19)12-4-3-9-21-12/h3-4,9H,5-8H2,1-2H3. The van der Waals surface area contributed by atoms with Crippen molar-refractivity contribution in [1.29, 1.82) is 0 Å². The van der Waals surface area contributed by atoms with E-state index in [1.54, 1.807) is 21.9 Å². The summed E-state index contributed by atoms with van der Waals surface area (Å²) in [7, 11) is 0. The van der Waals surface area contributed by atoms with Gasteiger partial charge < -0.3 is 14.2 Å². The Morgan fingerprint density at radius 2 is 1.77 bits per heavy atom. The van der Waals surface area contributed by atoms with Crippen LogP contribution in [0.2, 0.25) is 0 Å². The van der Waals surface area contributed by atoms with Crippen molar-refractivity contribution < 1.29 is 14.0 Å². The van der Waals surface area contributed by atoms with Crippen molar-refractivity contribution in [3.8, 4) is 0 Å². The summed E-state index contributed by atoms with van der Waals surface area (Å²) in [5.41, 5.74) is 0.535. The van der Waals surface area contributed by atoms with Crippen LogP contribution in [0.5, 0.6) is 0 Å². The highest BCUT2D eigenvalue weighted by atomic mass is 32.1. The van der Waals surface area contributed by atoms with Crippen LogP contribution in [0.15, 0.2) is 22.8 Å². The van der Waals surface area contributed by atoms with Crippen LogP contribution >= 0.6 is 11.3 Å². The topological polar surface area (TPSA) is 66.7 Å². The lowest BCUT2D eigenvalue weighted by atomic mass is 10.2. The Hall–Kier alpha value is -2.15. The van der Waals surface area contributed by atoms with E-state index < -0.39 is 0 Å². The first-order valence-electron chi connectivity index (χ1n) is 7.12. The van der Waals surface area contributed by atoms with E-state index in [9.17, 15) is 9.59 Å². The fourth-order valence-corrected chi connectivity index (χ4v) is 3.36. The van der Waals surface area contributed by atoms with Crippen molar-refractivity contribution in [3.63, 3.8) is 0 Å². The second-order valence-corrected chi connectivity index (χ2v) is 6.61. The van der Waals surface area contributed by atoms with E-state index in [1.807, 2.05) is 13.8 Å². The Morgan fingerprint density at radius 3 is 2.27 bits per heavy atom. The molecule has 1 saturated heterocycles. The summed E-state index contributed by atoms with van der Waals surface area (Å²) in [6, 6.07) is 3.35. The van der Waals surface area contributed by atoms with Crippen molar-refractivity contribution >= 4 is 23.2 Å². The molecule has 2 aromatic heterocycles. The molecule has 1 aliphatic rings. The molecule has 22 heavy (non-hydrogen) atoms. The van der Waals surface area contributed by atoms with Crippen LogP contribution in [0.1, 0.15) is 30.9 Å². The first-order valence-corrected chi connectivity index (χ1v) is 7.94. The number of aromatic nitrogens is 1. The van der Waals surface area contributed by atoms with Gasteiger partial charge in [0.15, 0.2) is 5.76 Å². The van der Waals surface area contributed by atoms with E-state index in [1.165, 1.54) is 17.6 Å². The summed E-state index contributed by atoms with van der Waals surface area (Å²) in [6.07, 6.45) is 1.49. The first kappa shape index (κ1) is 14.8. The fraction of sp³-hybridized carbons (Fsp3) is 0.400. The van der Waals surface area contributed by atoms with Crippen molar-refractivity contribution in [2.24, 2.45) is 0 Å². The molecule has 3 heterocycles. The lowest BCUT2D eigenvalue weighted by Gasteiger charge is -2.34. The minimum atomic E-state index is -0.127. The molecule has 2 amide bonds. The quantitative estimate of drug-likeness (QED) is 0.848. The number of carbonyl (C=O) groups excluding carboxylic acids is 2. The monoisotopic (exact) mass is 319 g/mol. The Balaban J connectivity index is 1.63. The molecule has 0 N–H and O–H groups in total. The number of rotatable bonds is 2. The van der Waals surface area contributed by atoms with Crippen LogP contribution in [0.25, 0.3) is 0 Å². The average Bonchev–Trinajstić information content (AvgIpc) is 3.15. The molecule has 0 aliphatic carbocycles. The molecule has 0 radical (unpaired) electrons. The van der Waals surface area contributed by atoms with Gasteiger partial charge in [0, 0.05) is 31.1 Å². The number of nitrogens with zero attached hydrogens (tertiary/aromatic N) is 3. The fourth-order valence-electron chi connectivity index (χ4n) is 2.55. The van der Waals surface area contributed by atoms with Gasteiger partial charge in [-0.2, -0.15) is 0 Å². The van der Waals surface area contributed by atoms with Gasteiger partial charge in [-0.3, -0.25) is 9.59 Å². The minimum absolute atomic E-state index is 0.0491.